The van der Waals surface area contributed by atoms with Crippen molar-refractivity contribution in [2.24, 2.45) is 0 Å². The van der Waals surface area contributed by atoms with E-state index in [1.807, 2.05) is 20.8 Å². The smallest absolute Gasteiger partial charge is 0.267 e. The van der Waals surface area contributed by atoms with Crippen molar-refractivity contribution in [3.63, 3.8) is 0 Å². The van der Waals surface area contributed by atoms with E-state index in [0.29, 0.717) is 21.8 Å². The van der Waals surface area contributed by atoms with E-state index in [2.05, 4.69) is 16.4 Å². The molecule has 6 heteroatoms. The van der Waals surface area contributed by atoms with Crippen molar-refractivity contribution < 1.29 is 4.79 Å². The molecule has 0 unspecified atom stereocenters. The van der Waals surface area contributed by atoms with Crippen LogP contribution >= 0.6 is 11.3 Å². The lowest BCUT2D eigenvalue weighted by atomic mass is 10.1. The van der Waals surface area contributed by atoms with Gasteiger partial charge in [-0.15, -0.1) is 11.3 Å². The van der Waals surface area contributed by atoms with Gasteiger partial charge < -0.3 is 11.1 Å². The van der Waals surface area contributed by atoms with Gasteiger partial charge in [-0.1, -0.05) is 12.1 Å². The molecule has 5 nitrogen and oxygen atoms in total. The molecule has 0 spiro atoms. The highest BCUT2D eigenvalue weighted by molar-refractivity contribution is 7.21. The molecule has 0 aliphatic rings. The third-order valence-corrected chi connectivity index (χ3v) is 5.28. The number of thiophene rings is 1. The molecule has 3 N–H and O–H groups in total. The summed E-state index contributed by atoms with van der Waals surface area (Å²) in [7, 11) is 0. The Bertz CT molecular complexity index is 1010. The first-order chi connectivity index (χ1) is 11.4. The molecule has 1 aromatic carbocycles. The fourth-order valence-electron chi connectivity index (χ4n) is 2.60. The van der Waals surface area contributed by atoms with Crippen LogP contribution in [-0.2, 0) is 0 Å². The van der Waals surface area contributed by atoms with E-state index in [0.717, 1.165) is 27.0 Å². The Kier molecular flexibility index (Phi) is 3.96. The number of nitrogens with two attached hydrogens (primary N) is 1. The topological polar surface area (TPSA) is 91.8 Å². The second kappa shape index (κ2) is 5.95. The molecule has 0 fully saturated rings. The summed E-state index contributed by atoms with van der Waals surface area (Å²) in [4.78, 5) is 18.4. The van der Waals surface area contributed by atoms with Gasteiger partial charge in [-0.05, 0) is 44.0 Å². The fourth-order valence-corrected chi connectivity index (χ4v) is 3.70. The van der Waals surface area contributed by atoms with Crippen LogP contribution < -0.4 is 11.1 Å². The molecule has 0 bridgehead atoms. The van der Waals surface area contributed by atoms with Crippen molar-refractivity contribution in [2.75, 3.05) is 11.1 Å². The molecule has 3 rings (SSSR count). The summed E-state index contributed by atoms with van der Waals surface area (Å²) >= 11 is 1.27. The number of aryl methyl sites for hydroxylation is 2. The van der Waals surface area contributed by atoms with Gasteiger partial charge in [-0.25, -0.2) is 4.98 Å². The summed E-state index contributed by atoms with van der Waals surface area (Å²) in [5, 5.41) is 12.7. The van der Waals surface area contributed by atoms with Gasteiger partial charge in [0.1, 0.15) is 15.8 Å². The first kappa shape index (κ1) is 16.0. The lowest BCUT2D eigenvalue weighted by Gasteiger charge is -2.07. The van der Waals surface area contributed by atoms with Gasteiger partial charge in [-0.3, -0.25) is 4.79 Å². The number of fused-ring (bicyclic) bond motifs is 1. The fraction of sp³-hybridized carbons (Fsp3) is 0.167. The highest BCUT2D eigenvalue weighted by Crippen LogP contribution is 2.36. The molecule has 0 radical (unpaired) electrons. The standard InChI is InChI=1S/C18H16N4OS/c1-9-10(2)14-15(20)16(24-18(14)21-11(9)3)17(23)22-13-7-5-4-6-12(13)8-19/h4-7H,20H2,1-3H3,(H,22,23). The van der Waals surface area contributed by atoms with E-state index in [9.17, 15) is 4.79 Å². The Labute approximate surface area is 143 Å². The first-order valence-electron chi connectivity index (χ1n) is 7.40. The van der Waals surface area contributed by atoms with Crippen LogP contribution in [0.15, 0.2) is 24.3 Å². The summed E-state index contributed by atoms with van der Waals surface area (Å²) in [6, 6.07) is 8.93. The Hall–Kier alpha value is -2.91. The number of anilines is 2. The van der Waals surface area contributed by atoms with E-state index < -0.39 is 0 Å². The number of amides is 1. The highest BCUT2D eigenvalue weighted by atomic mass is 32.1. The number of aromatic nitrogens is 1. The predicted molar refractivity (Wildman–Crippen MR) is 97.4 cm³/mol. The van der Waals surface area contributed by atoms with Crippen LogP contribution in [0.3, 0.4) is 0 Å². The van der Waals surface area contributed by atoms with Crippen molar-refractivity contribution in [1.82, 2.24) is 4.98 Å². The molecule has 24 heavy (non-hydrogen) atoms. The Morgan fingerprint density at radius 2 is 1.96 bits per heavy atom. The molecule has 3 aromatic rings. The van der Waals surface area contributed by atoms with E-state index >= 15 is 0 Å². The van der Waals surface area contributed by atoms with Gasteiger partial charge in [0.2, 0.25) is 0 Å². The lowest BCUT2D eigenvalue weighted by Crippen LogP contribution is -2.12. The van der Waals surface area contributed by atoms with Gasteiger partial charge in [0.25, 0.3) is 5.91 Å². The monoisotopic (exact) mass is 336 g/mol. The van der Waals surface area contributed by atoms with Gasteiger partial charge in [0.15, 0.2) is 0 Å². The number of carbonyl (C=O) groups excluding carboxylic acids is 1. The molecule has 2 heterocycles. The molecule has 0 aliphatic heterocycles. The van der Waals surface area contributed by atoms with Crippen LogP contribution in [0.5, 0.6) is 0 Å². The normalized spacial score (nSPS) is 10.6. The second-order valence-electron chi connectivity index (χ2n) is 5.58. The number of carbonyl (C=O) groups is 1. The molecule has 0 aliphatic carbocycles. The summed E-state index contributed by atoms with van der Waals surface area (Å²) in [6.45, 7) is 5.93. The van der Waals surface area contributed by atoms with Crippen molar-refractivity contribution in [1.29, 1.82) is 5.26 Å². The number of pyridine rings is 1. The number of nitrogens with zero attached hydrogens (tertiary/aromatic N) is 2. The van der Waals surface area contributed by atoms with Gasteiger partial charge in [-0.2, -0.15) is 5.26 Å². The number of nitriles is 1. The molecule has 0 atom stereocenters. The number of hydrogen-bond donors (Lipinski definition) is 2. The van der Waals surface area contributed by atoms with Gasteiger partial charge in [0, 0.05) is 11.1 Å². The van der Waals surface area contributed by atoms with Gasteiger partial charge in [0.05, 0.1) is 16.9 Å². The number of hydrogen-bond acceptors (Lipinski definition) is 5. The molecule has 0 saturated carbocycles. The summed E-state index contributed by atoms with van der Waals surface area (Å²) in [5.41, 5.74) is 10.6. The quantitative estimate of drug-likeness (QED) is 0.741. The zero-order chi connectivity index (χ0) is 17.4. The maximum atomic E-state index is 12.6. The van der Waals surface area contributed by atoms with Crippen LogP contribution in [0.2, 0.25) is 0 Å². The first-order valence-corrected chi connectivity index (χ1v) is 8.22. The zero-order valence-corrected chi connectivity index (χ0v) is 14.4. The maximum Gasteiger partial charge on any atom is 0.267 e. The van der Waals surface area contributed by atoms with E-state index in [1.165, 1.54) is 11.3 Å². The minimum Gasteiger partial charge on any atom is -0.397 e. The van der Waals surface area contributed by atoms with Crippen LogP contribution in [0.25, 0.3) is 10.2 Å². The van der Waals surface area contributed by atoms with Crippen LogP contribution in [-0.4, -0.2) is 10.9 Å². The zero-order valence-electron chi connectivity index (χ0n) is 13.6. The molecular formula is C18H16N4OS. The van der Waals surface area contributed by atoms with E-state index in [-0.39, 0.29) is 5.91 Å². The second-order valence-corrected chi connectivity index (χ2v) is 6.58. The molecular weight excluding hydrogens is 320 g/mol. The molecule has 0 saturated heterocycles. The Balaban J connectivity index is 2.07. The number of nitrogen functional groups attached to an aromatic ring is 1. The average molecular weight is 336 g/mol. The molecule has 120 valence electrons. The average Bonchev–Trinajstić information content (AvgIpc) is 2.90. The number of para-hydroxylation sites is 1. The van der Waals surface area contributed by atoms with Crippen LogP contribution in [0, 0.1) is 32.1 Å². The number of nitrogens with one attached hydrogen (secondary N) is 1. The lowest BCUT2D eigenvalue weighted by molar-refractivity contribution is 0.103. The van der Waals surface area contributed by atoms with E-state index in [1.54, 1.807) is 24.3 Å². The van der Waals surface area contributed by atoms with Crippen LogP contribution in [0.4, 0.5) is 11.4 Å². The highest BCUT2D eigenvalue weighted by Gasteiger charge is 2.20. The van der Waals surface area contributed by atoms with Gasteiger partial charge >= 0.3 is 0 Å². The van der Waals surface area contributed by atoms with Crippen LogP contribution in [0.1, 0.15) is 32.1 Å². The molecule has 2 aromatic heterocycles. The minimum absolute atomic E-state index is 0.326. The largest absolute Gasteiger partial charge is 0.397 e. The van der Waals surface area contributed by atoms with Crippen molar-refractivity contribution in [3.05, 3.63) is 51.5 Å². The predicted octanol–water partition coefficient (Wildman–Crippen LogP) is 3.93. The Morgan fingerprint density at radius 3 is 2.67 bits per heavy atom. The van der Waals surface area contributed by atoms with E-state index in [4.69, 9.17) is 11.0 Å². The minimum atomic E-state index is -0.326. The van der Waals surface area contributed by atoms with Crippen molar-refractivity contribution in [3.8, 4) is 6.07 Å². The Morgan fingerprint density at radius 1 is 1.25 bits per heavy atom. The third-order valence-electron chi connectivity index (χ3n) is 4.18. The summed E-state index contributed by atoms with van der Waals surface area (Å²) in [6.07, 6.45) is 0. The van der Waals surface area contributed by atoms with Crippen molar-refractivity contribution in [2.45, 2.75) is 20.8 Å². The number of benzene rings is 1. The van der Waals surface area contributed by atoms with Crippen molar-refractivity contribution >= 4 is 38.8 Å². The maximum absolute atomic E-state index is 12.6. The summed E-state index contributed by atoms with van der Waals surface area (Å²) < 4.78 is 0. The summed E-state index contributed by atoms with van der Waals surface area (Å²) in [5.74, 6) is -0.326. The SMILES string of the molecule is Cc1nc2sc(C(=O)Nc3ccccc3C#N)c(N)c2c(C)c1C. The molecule has 1 amide bonds. The number of rotatable bonds is 2. The third kappa shape index (κ3) is 2.49.